The zero-order valence-electron chi connectivity index (χ0n) is 26.4. The number of halogens is 3. The molecule has 4 heteroatoms. The lowest BCUT2D eigenvalue weighted by Crippen LogP contribution is -2.14. The number of hydrogen-bond donors (Lipinski definition) is 0. The summed E-state index contributed by atoms with van der Waals surface area (Å²) in [7, 11) is 0. The van der Waals surface area contributed by atoms with Gasteiger partial charge < -0.3 is 4.74 Å². The highest BCUT2D eigenvalue weighted by Crippen LogP contribution is 2.40. The van der Waals surface area contributed by atoms with Crippen LogP contribution in [0, 0.1) is 23.4 Å². The van der Waals surface area contributed by atoms with E-state index >= 15 is 4.39 Å². The minimum Gasteiger partial charge on any atom is -0.490 e. The molecule has 1 aliphatic rings. The van der Waals surface area contributed by atoms with Gasteiger partial charge in [0.2, 0.25) is 5.82 Å². The third-order valence-electron chi connectivity index (χ3n) is 9.33. The molecule has 0 saturated heterocycles. The molecule has 0 atom stereocenters. The average Bonchev–Trinajstić information content (AvgIpc) is 3.03. The predicted octanol–water partition coefficient (Wildman–Crippen LogP) is 12.8. The smallest absolute Gasteiger partial charge is 0.201 e. The Hall–Kier alpha value is -2.75. The molecule has 1 saturated carbocycles. The molecular weight excluding hydrogens is 541 g/mol. The molecule has 1 aliphatic carbocycles. The van der Waals surface area contributed by atoms with Crippen molar-refractivity contribution in [3.8, 4) is 28.0 Å². The van der Waals surface area contributed by atoms with Crippen LogP contribution < -0.4 is 4.74 Å². The van der Waals surface area contributed by atoms with E-state index in [9.17, 15) is 8.78 Å². The fraction of sp³-hybridized carbons (Fsp3) is 0.538. The Morgan fingerprint density at radius 1 is 0.605 bits per heavy atom. The van der Waals surface area contributed by atoms with Crippen LogP contribution in [-0.4, -0.2) is 6.61 Å². The molecule has 0 aromatic heterocycles. The third-order valence-corrected chi connectivity index (χ3v) is 9.33. The summed E-state index contributed by atoms with van der Waals surface area (Å²) in [6, 6.07) is 15.8. The Balaban J connectivity index is 1.30. The summed E-state index contributed by atoms with van der Waals surface area (Å²) in [6.07, 6.45) is 19.2. The molecule has 234 valence electrons. The van der Waals surface area contributed by atoms with Crippen LogP contribution in [-0.2, 0) is 0 Å². The Bertz CT molecular complexity index is 1240. The Morgan fingerprint density at radius 2 is 1.21 bits per heavy atom. The molecule has 4 rings (SSSR count). The van der Waals surface area contributed by atoms with Gasteiger partial charge in [0.1, 0.15) is 5.82 Å². The summed E-state index contributed by atoms with van der Waals surface area (Å²) in [6.45, 7) is 4.79. The van der Waals surface area contributed by atoms with E-state index < -0.39 is 11.6 Å². The number of benzene rings is 3. The van der Waals surface area contributed by atoms with Crippen molar-refractivity contribution in [2.45, 2.75) is 122 Å². The summed E-state index contributed by atoms with van der Waals surface area (Å²) in [5.74, 6) is -0.962. The predicted molar refractivity (Wildman–Crippen MR) is 174 cm³/mol. The first-order valence-corrected chi connectivity index (χ1v) is 17.0. The zero-order chi connectivity index (χ0) is 30.4. The van der Waals surface area contributed by atoms with Crippen LogP contribution in [0.1, 0.15) is 128 Å². The Labute approximate surface area is 258 Å². The van der Waals surface area contributed by atoms with Crippen molar-refractivity contribution >= 4 is 0 Å². The van der Waals surface area contributed by atoms with E-state index in [0.29, 0.717) is 18.1 Å². The normalized spacial score (nSPS) is 16.9. The van der Waals surface area contributed by atoms with Gasteiger partial charge in [-0.1, -0.05) is 121 Å². The second kappa shape index (κ2) is 17.5. The fourth-order valence-corrected chi connectivity index (χ4v) is 6.61. The van der Waals surface area contributed by atoms with Gasteiger partial charge in [0, 0.05) is 5.56 Å². The van der Waals surface area contributed by atoms with Crippen LogP contribution in [0.25, 0.3) is 22.3 Å². The molecule has 1 fully saturated rings. The van der Waals surface area contributed by atoms with Crippen molar-refractivity contribution < 1.29 is 17.9 Å². The summed E-state index contributed by atoms with van der Waals surface area (Å²) >= 11 is 0. The van der Waals surface area contributed by atoms with Crippen molar-refractivity contribution in [3.63, 3.8) is 0 Å². The van der Waals surface area contributed by atoms with Gasteiger partial charge in [0.15, 0.2) is 11.6 Å². The first-order valence-electron chi connectivity index (χ1n) is 17.0. The van der Waals surface area contributed by atoms with Crippen molar-refractivity contribution in [1.29, 1.82) is 0 Å². The molecule has 0 amide bonds. The summed E-state index contributed by atoms with van der Waals surface area (Å²) in [5.41, 5.74) is 3.23. The topological polar surface area (TPSA) is 9.23 Å². The van der Waals surface area contributed by atoms with Crippen LogP contribution in [0.15, 0.2) is 54.6 Å². The lowest BCUT2D eigenvalue weighted by Gasteiger charge is -2.29. The SMILES string of the molecule is CCCCCCCCC1CCC(c2ccc(-c3ccc(-c4ccc(OCCCCCCC)c(F)c4F)cc3)cc2F)CC1. The highest BCUT2D eigenvalue weighted by Gasteiger charge is 2.24. The summed E-state index contributed by atoms with van der Waals surface area (Å²) in [4.78, 5) is 0. The minimum absolute atomic E-state index is 0.0461. The van der Waals surface area contributed by atoms with Crippen LogP contribution in [0.5, 0.6) is 5.75 Å². The lowest BCUT2D eigenvalue weighted by molar-refractivity contribution is 0.285. The van der Waals surface area contributed by atoms with Gasteiger partial charge in [-0.15, -0.1) is 0 Å². The molecule has 3 aromatic carbocycles. The first-order chi connectivity index (χ1) is 21.0. The molecule has 0 radical (unpaired) electrons. The van der Waals surface area contributed by atoms with Crippen molar-refractivity contribution in [3.05, 3.63) is 77.6 Å². The maximum Gasteiger partial charge on any atom is 0.201 e. The second-order valence-corrected chi connectivity index (χ2v) is 12.6. The lowest BCUT2D eigenvalue weighted by atomic mass is 9.76. The Morgan fingerprint density at radius 3 is 1.88 bits per heavy atom. The number of hydrogen-bond acceptors (Lipinski definition) is 1. The van der Waals surface area contributed by atoms with E-state index in [2.05, 4.69) is 13.8 Å². The van der Waals surface area contributed by atoms with E-state index in [0.717, 1.165) is 61.1 Å². The van der Waals surface area contributed by atoms with E-state index in [1.807, 2.05) is 24.3 Å². The quantitative estimate of drug-likeness (QED) is 0.142. The molecule has 3 aromatic rings. The van der Waals surface area contributed by atoms with Gasteiger partial charge in [-0.05, 0) is 84.4 Å². The van der Waals surface area contributed by atoms with Gasteiger partial charge >= 0.3 is 0 Å². The van der Waals surface area contributed by atoms with Gasteiger partial charge in [0.25, 0.3) is 0 Å². The fourth-order valence-electron chi connectivity index (χ4n) is 6.61. The summed E-state index contributed by atoms with van der Waals surface area (Å²) < 4.78 is 50.5. The van der Waals surface area contributed by atoms with Crippen LogP contribution in [0.4, 0.5) is 13.2 Å². The van der Waals surface area contributed by atoms with Crippen LogP contribution in [0.2, 0.25) is 0 Å². The standard InChI is InChI=1S/C39H51F3O/c1-3-5-7-9-10-12-14-29-15-17-31(18-16-29)34-24-23-33(28-36(34)40)30-19-21-32(22-20-30)35-25-26-37(39(42)38(35)41)43-27-13-11-8-6-4-2/h19-26,28-29,31H,3-18,27H2,1-2H3. The molecule has 0 heterocycles. The van der Waals surface area contributed by atoms with Gasteiger partial charge in [-0.2, -0.15) is 4.39 Å². The van der Waals surface area contributed by atoms with Crippen molar-refractivity contribution in [2.24, 2.45) is 5.92 Å². The first kappa shape index (κ1) is 33.1. The second-order valence-electron chi connectivity index (χ2n) is 12.6. The van der Waals surface area contributed by atoms with E-state index in [1.54, 1.807) is 24.3 Å². The van der Waals surface area contributed by atoms with Crippen molar-refractivity contribution in [1.82, 2.24) is 0 Å². The summed E-state index contributed by atoms with van der Waals surface area (Å²) in [5, 5.41) is 0. The van der Waals surface area contributed by atoms with Gasteiger partial charge in [-0.3, -0.25) is 0 Å². The highest BCUT2D eigenvalue weighted by molar-refractivity contribution is 5.71. The molecule has 1 nitrogen and oxygen atoms in total. The maximum atomic E-state index is 15.3. The number of ether oxygens (including phenoxy) is 1. The minimum atomic E-state index is -0.954. The molecule has 0 bridgehead atoms. The molecule has 0 unspecified atom stereocenters. The third kappa shape index (κ3) is 9.62. The largest absolute Gasteiger partial charge is 0.490 e. The Kier molecular flexibility index (Phi) is 13.5. The molecular formula is C39H51F3O. The van der Waals surface area contributed by atoms with Crippen LogP contribution in [0.3, 0.4) is 0 Å². The van der Waals surface area contributed by atoms with E-state index in [1.165, 1.54) is 70.3 Å². The highest BCUT2D eigenvalue weighted by atomic mass is 19.2. The molecule has 0 aliphatic heterocycles. The molecule has 0 spiro atoms. The van der Waals surface area contributed by atoms with Crippen LogP contribution >= 0.6 is 0 Å². The number of unbranched alkanes of at least 4 members (excludes halogenated alkanes) is 9. The average molecular weight is 593 g/mol. The molecule has 43 heavy (non-hydrogen) atoms. The maximum absolute atomic E-state index is 15.3. The zero-order valence-corrected chi connectivity index (χ0v) is 26.4. The van der Waals surface area contributed by atoms with Crippen molar-refractivity contribution in [2.75, 3.05) is 6.61 Å². The van der Waals surface area contributed by atoms with E-state index in [4.69, 9.17) is 4.74 Å². The molecule has 0 N–H and O–H groups in total. The van der Waals surface area contributed by atoms with E-state index in [-0.39, 0.29) is 17.1 Å². The van der Waals surface area contributed by atoms with Gasteiger partial charge in [0.05, 0.1) is 6.61 Å². The number of rotatable bonds is 17. The van der Waals surface area contributed by atoms with Gasteiger partial charge in [-0.25, -0.2) is 8.78 Å². The monoisotopic (exact) mass is 592 g/mol.